The van der Waals surface area contributed by atoms with Crippen molar-refractivity contribution in [2.75, 3.05) is 27.4 Å². The van der Waals surface area contributed by atoms with Crippen LogP contribution in [0.2, 0.25) is 0 Å². The average Bonchev–Trinajstić information content (AvgIpc) is 3.02. The molecule has 0 unspecified atom stereocenters. The largest absolute Gasteiger partial charge is 0.504 e. The molecule has 2 saturated heterocycles. The maximum Gasteiger partial charge on any atom is 0.229 e. The molecular weight excluding hydrogens is 604 g/mol. The lowest BCUT2D eigenvalue weighted by Crippen LogP contribution is -2.62. The van der Waals surface area contributed by atoms with Gasteiger partial charge in [0, 0.05) is 11.6 Å². The van der Waals surface area contributed by atoms with Crippen molar-refractivity contribution in [1.29, 1.82) is 0 Å². The standard InChI is InChI=1S/C29H34O16/c1-9-4-10-16(11(5-9)40-2)23(35)17-12(6-13(41-3)20(32)18(17)19(10)31)43-29-27(39)25(37)22(34)15(45-29)8-42-28-26(38)24(36)21(33)14(7-30)44-28/h4-6,14-15,21-22,24-30,32-34,36-39H,7-8H2,1-3H3/t14-,15-,21-,22-,24+,25+,26-,27-,28-,29-/m1/s1. The highest BCUT2D eigenvalue weighted by molar-refractivity contribution is 6.31. The fourth-order valence-corrected chi connectivity index (χ4v) is 5.58. The molecule has 2 heterocycles. The zero-order valence-electron chi connectivity index (χ0n) is 24.3. The van der Waals surface area contributed by atoms with Gasteiger partial charge in [0.05, 0.1) is 44.1 Å². The minimum atomic E-state index is -1.92. The molecular formula is C29H34O16. The topological polar surface area (TPSA) is 251 Å². The van der Waals surface area contributed by atoms with Crippen LogP contribution in [0.5, 0.6) is 23.0 Å². The van der Waals surface area contributed by atoms with Crippen LogP contribution in [0.3, 0.4) is 0 Å². The summed E-state index contributed by atoms with van der Waals surface area (Å²) in [7, 11) is 2.51. The van der Waals surface area contributed by atoms with Crippen molar-refractivity contribution >= 4 is 11.6 Å². The van der Waals surface area contributed by atoms with Crippen LogP contribution in [0.15, 0.2) is 18.2 Å². The first kappa shape index (κ1) is 33.0. The lowest BCUT2D eigenvalue weighted by Gasteiger charge is -2.42. The molecule has 16 heteroatoms. The van der Waals surface area contributed by atoms with Crippen molar-refractivity contribution in [3.05, 3.63) is 46.0 Å². The molecule has 2 aromatic rings. The zero-order chi connectivity index (χ0) is 32.9. The SMILES string of the molecule is COc1cc(O[C@@H]2O[C@H](CO[C@@H]3O[C@H](CO)[C@@H](O)[C@H](O)[C@H]3O)[C@@H](O)[C@H](O)[C@H]2O)c2c(c1O)C(=O)c1cc(C)cc(OC)c1C2=O. The Bertz CT molecular complexity index is 1460. The van der Waals surface area contributed by atoms with Crippen molar-refractivity contribution < 1.29 is 78.9 Å². The number of phenolic OH excluding ortho intramolecular Hbond substituents is 1. The highest BCUT2D eigenvalue weighted by Crippen LogP contribution is 2.46. The molecule has 16 nitrogen and oxygen atoms in total. The Morgan fingerprint density at radius 2 is 1.29 bits per heavy atom. The Balaban J connectivity index is 1.45. The number of carbonyl (C=O) groups is 2. The summed E-state index contributed by atoms with van der Waals surface area (Å²) in [4.78, 5) is 27.5. The minimum absolute atomic E-state index is 0.0308. The number of aromatic hydroxyl groups is 1. The number of hydrogen-bond donors (Lipinski definition) is 8. The average molecular weight is 639 g/mol. The van der Waals surface area contributed by atoms with Crippen molar-refractivity contribution in [3.8, 4) is 23.0 Å². The number of phenols is 1. The fraction of sp³-hybridized carbons (Fsp3) is 0.517. The predicted molar refractivity (Wildman–Crippen MR) is 146 cm³/mol. The van der Waals surface area contributed by atoms with Crippen molar-refractivity contribution in [2.24, 2.45) is 0 Å². The molecule has 45 heavy (non-hydrogen) atoms. The molecule has 0 spiro atoms. The number of carbonyl (C=O) groups excluding carboxylic acids is 2. The normalized spacial score (nSPS) is 32.9. The Kier molecular flexibility index (Phi) is 9.35. The van der Waals surface area contributed by atoms with Gasteiger partial charge in [0.1, 0.15) is 60.3 Å². The van der Waals surface area contributed by atoms with Gasteiger partial charge in [0.2, 0.25) is 12.1 Å². The van der Waals surface area contributed by atoms with Crippen LogP contribution in [0.1, 0.15) is 37.4 Å². The first-order valence-electron chi connectivity index (χ1n) is 13.8. The lowest BCUT2D eigenvalue weighted by molar-refractivity contribution is -0.323. The van der Waals surface area contributed by atoms with Crippen LogP contribution in [-0.4, -0.2) is 141 Å². The summed E-state index contributed by atoms with van der Waals surface area (Å²) in [6.45, 7) is 0.340. The van der Waals surface area contributed by atoms with Gasteiger partial charge in [-0.25, -0.2) is 0 Å². The maximum atomic E-state index is 13.9. The molecule has 10 atom stereocenters. The van der Waals surface area contributed by atoms with Crippen LogP contribution < -0.4 is 14.2 Å². The van der Waals surface area contributed by atoms with Crippen LogP contribution >= 0.6 is 0 Å². The number of methoxy groups -OCH3 is 2. The van der Waals surface area contributed by atoms with Crippen molar-refractivity contribution in [2.45, 2.75) is 68.3 Å². The fourth-order valence-electron chi connectivity index (χ4n) is 5.58. The molecule has 0 aromatic heterocycles. The van der Waals surface area contributed by atoms with Gasteiger partial charge in [-0.1, -0.05) is 0 Å². The number of aliphatic hydroxyl groups is 7. The van der Waals surface area contributed by atoms with E-state index >= 15 is 0 Å². The number of ether oxygens (including phenoxy) is 6. The van der Waals surface area contributed by atoms with Gasteiger partial charge in [-0.15, -0.1) is 0 Å². The van der Waals surface area contributed by atoms with E-state index in [1.54, 1.807) is 13.0 Å². The Morgan fingerprint density at radius 3 is 1.91 bits per heavy atom. The third-order valence-electron chi connectivity index (χ3n) is 8.03. The van der Waals surface area contributed by atoms with Gasteiger partial charge in [-0.2, -0.15) is 0 Å². The summed E-state index contributed by atoms with van der Waals surface area (Å²) in [5.74, 6) is -2.70. The number of aliphatic hydroxyl groups excluding tert-OH is 7. The quantitative estimate of drug-likeness (QED) is 0.127. The molecule has 8 N–H and O–H groups in total. The summed E-state index contributed by atoms with van der Waals surface area (Å²) in [6, 6.07) is 4.09. The van der Waals surface area contributed by atoms with E-state index in [1.165, 1.54) is 20.3 Å². The third kappa shape index (κ3) is 5.63. The Morgan fingerprint density at radius 1 is 0.689 bits per heavy atom. The number of benzene rings is 2. The number of fused-ring (bicyclic) bond motifs is 2. The number of aryl methyl sites for hydroxylation is 1. The molecule has 2 aliphatic heterocycles. The van der Waals surface area contributed by atoms with Gasteiger partial charge in [0.25, 0.3) is 0 Å². The van der Waals surface area contributed by atoms with Gasteiger partial charge in [-0.05, 0) is 24.6 Å². The highest BCUT2D eigenvalue weighted by Gasteiger charge is 2.49. The van der Waals surface area contributed by atoms with Crippen LogP contribution in [0, 0.1) is 6.92 Å². The van der Waals surface area contributed by atoms with E-state index in [9.17, 15) is 50.4 Å². The van der Waals surface area contributed by atoms with E-state index in [0.717, 1.165) is 6.07 Å². The molecule has 0 bridgehead atoms. The van der Waals surface area contributed by atoms with E-state index in [-0.39, 0.29) is 28.4 Å². The van der Waals surface area contributed by atoms with Crippen LogP contribution in [0.4, 0.5) is 0 Å². The molecule has 2 aromatic carbocycles. The van der Waals surface area contributed by atoms with E-state index < -0.39 is 103 Å². The predicted octanol–water partition coefficient (Wildman–Crippen LogP) is -2.50. The van der Waals surface area contributed by atoms with E-state index in [1.807, 2.05) is 0 Å². The summed E-state index contributed by atoms with van der Waals surface area (Å²) in [5, 5.41) is 82.5. The lowest BCUT2D eigenvalue weighted by atomic mass is 9.81. The smallest absolute Gasteiger partial charge is 0.229 e. The number of hydrogen-bond acceptors (Lipinski definition) is 16. The minimum Gasteiger partial charge on any atom is -0.504 e. The van der Waals surface area contributed by atoms with Crippen molar-refractivity contribution in [3.63, 3.8) is 0 Å². The molecule has 246 valence electrons. The van der Waals surface area contributed by atoms with Gasteiger partial charge >= 0.3 is 0 Å². The van der Waals surface area contributed by atoms with Crippen molar-refractivity contribution in [1.82, 2.24) is 0 Å². The highest BCUT2D eigenvalue weighted by atomic mass is 16.7. The number of ketones is 2. The summed E-state index contributed by atoms with van der Waals surface area (Å²) in [6.07, 6.45) is -16.9. The van der Waals surface area contributed by atoms with Gasteiger partial charge in [-0.3, -0.25) is 9.59 Å². The van der Waals surface area contributed by atoms with E-state index in [4.69, 9.17) is 28.4 Å². The first-order chi connectivity index (χ1) is 21.3. The van der Waals surface area contributed by atoms with Gasteiger partial charge in [0.15, 0.2) is 23.6 Å². The third-order valence-corrected chi connectivity index (χ3v) is 8.03. The second-order valence-electron chi connectivity index (χ2n) is 10.9. The molecule has 5 rings (SSSR count). The maximum absolute atomic E-state index is 13.9. The first-order valence-corrected chi connectivity index (χ1v) is 13.8. The monoisotopic (exact) mass is 638 g/mol. The summed E-state index contributed by atoms with van der Waals surface area (Å²) in [5.41, 5.74) is -0.364. The van der Waals surface area contributed by atoms with Crippen LogP contribution in [0.25, 0.3) is 0 Å². The van der Waals surface area contributed by atoms with E-state index in [2.05, 4.69) is 0 Å². The molecule has 1 aliphatic carbocycles. The Labute approximate surface area is 255 Å². The second kappa shape index (κ2) is 12.8. The second-order valence-corrected chi connectivity index (χ2v) is 10.9. The van der Waals surface area contributed by atoms with Crippen LogP contribution in [-0.2, 0) is 14.2 Å². The summed E-state index contributed by atoms with van der Waals surface area (Å²) >= 11 is 0. The molecule has 0 saturated carbocycles. The van der Waals surface area contributed by atoms with E-state index in [0.29, 0.717) is 5.56 Å². The molecule has 0 amide bonds. The molecule has 0 radical (unpaired) electrons. The molecule has 3 aliphatic rings. The summed E-state index contributed by atoms with van der Waals surface area (Å²) < 4.78 is 32.7. The zero-order valence-corrected chi connectivity index (χ0v) is 24.3. The Hall–Kier alpha value is -3.42. The number of rotatable bonds is 8. The van der Waals surface area contributed by atoms with Gasteiger partial charge < -0.3 is 69.3 Å². The molecule has 2 fully saturated rings.